The van der Waals surface area contributed by atoms with Crippen molar-refractivity contribution < 1.29 is 19.4 Å². The predicted molar refractivity (Wildman–Crippen MR) is 89.8 cm³/mol. The number of hydrogen-bond donors (Lipinski definition) is 4. The van der Waals surface area contributed by atoms with Crippen molar-refractivity contribution in [3.8, 4) is 0 Å². The summed E-state index contributed by atoms with van der Waals surface area (Å²) < 4.78 is 5.65. The minimum absolute atomic E-state index is 0.0414. The van der Waals surface area contributed by atoms with E-state index in [1.807, 2.05) is 27.7 Å². The van der Waals surface area contributed by atoms with E-state index in [2.05, 4.69) is 10.6 Å². The molecule has 0 atom stereocenters. The number of hydrogen-bond acceptors (Lipinski definition) is 5. The van der Waals surface area contributed by atoms with Crippen molar-refractivity contribution in [3.63, 3.8) is 0 Å². The standard InChI is InChI=1S/C16H33N3O4/c1-15(2,11-23-12-16(3,4)10-20)9-19-14(22)6-8-18-7-5-13(17)21/h18,20H,5-12H2,1-4H3,(H2,17,21)(H,19,22). The normalized spacial score (nSPS) is 12.2. The number of aliphatic hydroxyl groups excluding tert-OH is 1. The molecular formula is C16H33N3O4. The summed E-state index contributed by atoms with van der Waals surface area (Å²) in [6.07, 6.45) is 0.628. The van der Waals surface area contributed by atoms with Gasteiger partial charge in [-0.3, -0.25) is 9.59 Å². The van der Waals surface area contributed by atoms with Gasteiger partial charge in [0, 0.05) is 43.3 Å². The molecule has 0 rings (SSSR count). The Morgan fingerprint density at radius 3 is 2.17 bits per heavy atom. The van der Waals surface area contributed by atoms with Crippen LogP contribution in [0.15, 0.2) is 0 Å². The fraction of sp³-hybridized carbons (Fsp3) is 0.875. The van der Waals surface area contributed by atoms with E-state index in [-0.39, 0.29) is 35.7 Å². The van der Waals surface area contributed by atoms with Gasteiger partial charge in [0.1, 0.15) is 0 Å². The molecule has 0 saturated heterocycles. The molecule has 136 valence electrons. The van der Waals surface area contributed by atoms with Gasteiger partial charge >= 0.3 is 0 Å². The average molecular weight is 331 g/mol. The predicted octanol–water partition coefficient (Wildman–Crippen LogP) is 0.0190. The van der Waals surface area contributed by atoms with Crippen molar-refractivity contribution in [1.29, 1.82) is 0 Å². The van der Waals surface area contributed by atoms with Gasteiger partial charge < -0.3 is 26.2 Å². The topological polar surface area (TPSA) is 114 Å². The second-order valence-corrected chi connectivity index (χ2v) is 7.47. The molecule has 5 N–H and O–H groups in total. The SMILES string of the molecule is CC(C)(CO)COCC(C)(C)CNC(=O)CCNCCC(N)=O. The molecule has 0 bridgehead atoms. The van der Waals surface area contributed by atoms with Crippen LogP contribution >= 0.6 is 0 Å². The Kier molecular flexibility index (Phi) is 10.0. The third kappa shape index (κ3) is 13.0. The van der Waals surface area contributed by atoms with Crippen LogP contribution in [0.3, 0.4) is 0 Å². The number of rotatable bonds is 13. The zero-order valence-electron chi connectivity index (χ0n) is 14.9. The van der Waals surface area contributed by atoms with Crippen LogP contribution in [0.4, 0.5) is 0 Å². The summed E-state index contributed by atoms with van der Waals surface area (Å²) in [5.41, 5.74) is 4.59. The van der Waals surface area contributed by atoms with E-state index < -0.39 is 0 Å². The first-order chi connectivity index (χ1) is 10.6. The van der Waals surface area contributed by atoms with Crippen LogP contribution < -0.4 is 16.4 Å². The highest BCUT2D eigenvalue weighted by Gasteiger charge is 2.22. The lowest BCUT2D eigenvalue weighted by Crippen LogP contribution is -2.38. The van der Waals surface area contributed by atoms with E-state index in [9.17, 15) is 14.7 Å². The van der Waals surface area contributed by atoms with Crippen LogP contribution in [0.2, 0.25) is 0 Å². The molecule has 0 saturated carbocycles. The molecule has 0 aliphatic carbocycles. The number of aliphatic hydroxyl groups is 1. The van der Waals surface area contributed by atoms with E-state index in [4.69, 9.17) is 10.5 Å². The lowest BCUT2D eigenvalue weighted by molar-refractivity contribution is -0.121. The number of nitrogens with two attached hydrogens (primary N) is 1. The van der Waals surface area contributed by atoms with Crippen LogP contribution in [0.1, 0.15) is 40.5 Å². The molecule has 7 heteroatoms. The number of ether oxygens (including phenoxy) is 1. The second kappa shape index (κ2) is 10.6. The van der Waals surface area contributed by atoms with E-state index in [1.54, 1.807) is 0 Å². The number of nitrogens with one attached hydrogen (secondary N) is 2. The minimum atomic E-state index is -0.354. The Morgan fingerprint density at radius 1 is 1.04 bits per heavy atom. The van der Waals surface area contributed by atoms with Gasteiger partial charge in [0.15, 0.2) is 0 Å². The van der Waals surface area contributed by atoms with Crippen molar-refractivity contribution in [2.45, 2.75) is 40.5 Å². The number of amides is 2. The van der Waals surface area contributed by atoms with E-state index in [1.165, 1.54) is 0 Å². The smallest absolute Gasteiger partial charge is 0.221 e. The quantitative estimate of drug-likeness (QED) is 0.355. The zero-order chi connectivity index (χ0) is 17.9. The van der Waals surface area contributed by atoms with Gasteiger partial charge in [-0.25, -0.2) is 0 Å². The van der Waals surface area contributed by atoms with Crippen molar-refractivity contribution >= 4 is 11.8 Å². The summed E-state index contributed by atoms with van der Waals surface area (Å²) in [7, 11) is 0. The maximum atomic E-state index is 11.7. The number of carbonyl (C=O) groups excluding carboxylic acids is 2. The summed E-state index contributed by atoms with van der Waals surface area (Å²) in [5, 5.41) is 15.1. The molecule has 0 aromatic rings. The van der Waals surface area contributed by atoms with Crippen molar-refractivity contribution in [3.05, 3.63) is 0 Å². The first-order valence-corrected chi connectivity index (χ1v) is 8.02. The van der Waals surface area contributed by atoms with E-state index in [0.717, 1.165) is 0 Å². The summed E-state index contributed by atoms with van der Waals surface area (Å²) in [4.78, 5) is 22.3. The Bertz CT molecular complexity index is 370. The van der Waals surface area contributed by atoms with Gasteiger partial charge in [-0.15, -0.1) is 0 Å². The first kappa shape index (κ1) is 21.8. The van der Waals surface area contributed by atoms with Crippen LogP contribution in [0.25, 0.3) is 0 Å². The molecule has 0 radical (unpaired) electrons. The first-order valence-electron chi connectivity index (χ1n) is 8.02. The zero-order valence-corrected chi connectivity index (χ0v) is 14.9. The largest absolute Gasteiger partial charge is 0.396 e. The molecule has 0 unspecified atom stereocenters. The fourth-order valence-electron chi connectivity index (χ4n) is 1.67. The fourth-order valence-corrected chi connectivity index (χ4v) is 1.67. The molecule has 7 nitrogen and oxygen atoms in total. The second-order valence-electron chi connectivity index (χ2n) is 7.47. The minimum Gasteiger partial charge on any atom is -0.396 e. The summed E-state index contributed by atoms with van der Waals surface area (Å²) in [6, 6.07) is 0. The molecular weight excluding hydrogens is 298 g/mol. The van der Waals surface area contributed by atoms with Gasteiger partial charge in [0.2, 0.25) is 11.8 Å². The molecule has 0 fully saturated rings. The highest BCUT2D eigenvalue weighted by atomic mass is 16.5. The highest BCUT2D eigenvalue weighted by Crippen LogP contribution is 2.18. The molecule has 0 spiro atoms. The summed E-state index contributed by atoms with van der Waals surface area (Å²) in [6.45, 7) is 10.5. The Hall–Kier alpha value is -1.18. The van der Waals surface area contributed by atoms with Crippen molar-refractivity contribution in [2.75, 3.05) is 39.5 Å². The summed E-state index contributed by atoms with van der Waals surface area (Å²) in [5.74, 6) is -0.395. The summed E-state index contributed by atoms with van der Waals surface area (Å²) >= 11 is 0. The third-order valence-corrected chi connectivity index (χ3v) is 3.25. The Morgan fingerprint density at radius 2 is 1.61 bits per heavy atom. The molecule has 23 heavy (non-hydrogen) atoms. The van der Waals surface area contributed by atoms with E-state index >= 15 is 0 Å². The molecule has 0 aromatic carbocycles. The maximum absolute atomic E-state index is 11.7. The maximum Gasteiger partial charge on any atom is 0.221 e. The van der Waals surface area contributed by atoms with Crippen molar-refractivity contribution in [2.24, 2.45) is 16.6 Å². The molecule has 2 amide bonds. The van der Waals surface area contributed by atoms with Gasteiger partial charge in [-0.05, 0) is 0 Å². The van der Waals surface area contributed by atoms with Crippen LogP contribution in [0.5, 0.6) is 0 Å². The lowest BCUT2D eigenvalue weighted by atomic mass is 9.93. The average Bonchev–Trinajstić information content (AvgIpc) is 2.44. The van der Waals surface area contributed by atoms with Crippen LogP contribution in [-0.2, 0) is 14.3 Å². The molecule has 0 aromatic heterocycles. The number of primary amides is 1. The Labute approximate surface area is 139 Å². The lowest BCUT2D eigenvalue weighted by Gasteiger charge is -2.28. The number of carbonyl (C=O) groups is 2. The van der Waals surface area contributed by atoms with Gasteiger partial charge in [0.25, 0.3) is 0 Å². The van der Waals surface area contributed by atoms with E-state index in [0.29, 0.717) is 39.3 Å². The van der Waals surface area contributed by atoms with Crippen molar-refractivity contribution in [1.82, 2.24) is 10.6 Å². The third-order valence-electron chi connectivity index (χ3n) is 3.25. The monoisotopic (exact) mass is 331 g/mol. The molecule has 0 heterocycles. The van der Waals surface area contributed by atoms with Crippen LogP contribution in [0, 0.1) is 10.8 Å². The molecule has 0 aliphatic heterocycles. The van der Waals surface area contributed by atoms with Gasteiger partial charge in [0.05, 0.1) is 19.8 Å². The molecule has 0 aliphatic rings. The van der Waals surface area contributed by atoms with Gasteiger partial charge in [-0.2, -0.15) is 0 Å². The van der Waals surface area contributed by atoms with Gasteiger partial charge in [-0.1, -0.05) is 27.7 Å². The highest BCUT2D eigenvalue weighted by molar-refractivity contribution is 5.76. The Balaban J connectivity index is 3.81. The van der Waals surface area contributed by atoms with Crippen LogP contribution in [-0.4, -0.2) is 56.4 Å².